The summed E-state index contributed by atoms with van der Waals surface area (Å²) in [6, 6.07) is 89.6. The number of hydrogen-bond acceptors (Lipinski definition) is 2. The minimum atomic E-state index is -0.786. The van der Waals surface area contributed by atoms with Gasteiger partial charge in [-0.15, -0.1) is 0 Å². The standard InChI is InChI=1S/C70H49N3O/c1-44-38-45(2)69(46(3)39-44)73-65-36-32-49(47-30-34-63-55(40-47)53-22-10-14-26-61(53)71(63)51-18-6-4-7-19-51)42-59(65)70(57-24-12-16-28-67(57)74-68-29-17-13-25-58(68)70)60-43-50(33-37-66(60)73)48-31-35-64-56(41-48)54-23-11-15-27-62(54)72(64)52-20-8-5-9-21-52/h4-43H,1-3H3. The molecule has 0 N–H and O–H groups in total. The predicted octanol–water partition coefficient (Wildman–Crippen LogP) is 18.4. The first-order valence-electron chi connectivity index (χ1n) is 25.7. The molecule has 0 atom stereocenters. The van der Waals surface area contributed by atoms with E-state index in [2.05, 4.69) is 277 Å². The molecule has 0 saturated carbocycles. The van der Waals surface area contributed by atoms with Gasteiger partial charge in [0.15, 0.2) is 0 Å². The second kappa shape index (κ2) is 16.1. The van der Waals surface area contributed by atoms with E-state index in [1.807, 2.05) is 0 Å². The molecule has 0 fully saturated rings. The average Bonchev–Trinajstić information content (AvgIpc) is 3.97. The van der Waals surface area contributed by atoms with Crippen LogP contribution in [0.2, 0.25) is 0 Å². The highest BCUT2D eigenvalue weighted by Crippen LogP contribution is 2.64. The third kappa shape index (κ3) is 6.03. The highest BCUT2D eigenvalue weighted by molar-refractivity contribution is 6.12. The van der Waals surface area contributed by atoms with Crippen molar-refractivity contribution in [2.45, 2.75) is 26.2 Å². The molecular weight excluding hydrogens is 899 g/mol. The number of benzene rings is 11. The number of aryl methyl sites for hydroxylation is 3. The molecule has 15 rings (SSSR count). The minimum absolute atomic E-state index is 0.786. The number of rotatable bonds is 5. The maximum absolute atomic E-state index is 6.97. The fourth-order valence-electron chi connectivity index (χ4n) is 13.1. The summed E-state index contributed by atoms with van der Waals surface area (Å²) >= 11 is 0. The Bertz CT molecular complexity index is 4170. The van der Waals surface area contributed by atoms with Gasteiger partial charge in [-0.3, -0.25) is 0 Å². The Labute approximate surface area is 430 Å². The van der Waals surface area contributed by atoms with Gasteiger partial charge in [-0.25, -0.2) is 0 Å². The van der Waals surface area contributed by atoms with E-state index in [1.54, 1.807) is 0 Å². The van der Waals surface area contributed by atoms with Crippen LogP contribution < -0.4 is 9.64 Å². The van der Waals surface area contributed by atoms with E-state index in [-0.39, 0.29) is 0 Å². The number of anilines is 3. The molecule has 0 bridgehead atoms. The summed E-state index contributed by atoms with van der Waals surface area (Å²) in [6.07, 6.45) is 0. The molecule has 2 aliphatic rings. The second-order valence-electron chi connectivity index (χ2n) is 20.2. The van der Waals surface area contributed by atoms with Crippen LogP contribution in [0.25, 0.3) is 77.2 Å². The summed E-state index contributed by atoms with van der Waals surface area (Å²) in [6.45, 7) is 6.74. The van der Waals surface area contributed by atoms with Crippen molar-refractivity contribution in [2.75, 3.05) is 4.90 Å². The van der Waals surface area contributed by atoms with Crippen LogP contribution in [0.3, 0.4) is 0 Å². The van der Waals surface area contributed by atoms with Gasteiger partial charge in [-0.05, 0) is 162 Å². The van der Waals surface area contributed by atoms with E-state index in [0.29, 0.717) is 0 Å². The predicted molar refractivity (Wildman–Crippen MR) is 307 cm³/mol. The SMILES string of the molecule is Cc1cc(C)c(N2c3ccc(-c4ccc5c(c4)c4ccccc4n5-c4ccccc4)cc3C3(c4ccccc4Oc4ccccc43)c3cc(-c4ccc5c(c4)c4ccccc4n5-c4ccccc4)ccc32)c(C)c1. The first-order valence-corrected chi connectivity index (χ1v) is 25.7. The van der Waals surface area contributed by atoms with Crippen LogP contribution in [0.4, 0.5) is 17.1 Å². The zero-order chi connectivity index (χ0) is 49.2. The maximum Gasteiger partial charge on any atom is 0.132 e. The Hall–Kier alpha value is -9.38. The topological polar surface area (TPSA) is 22.3 Å². The third-order valence-electron chi connectivity index (χ3n) is 16.0. The number of para-hydroxylation sites is 6. The lowest BCUT2D eigenvalue weighted by atomic mass is 9.60. The number of nitrogens with zero attached hydrogens (tertiary/aromatic N) is 3. The molecule has 74 heavy (non-hydrogen) atoms. The van der Waals surface area contributed by atoms with Crippen molar-refractivity contribution in [3.8, 4) is 45.1 Å². The molecule has 350 valence electrons. The Morgan fingerprint density at radius 3 is 1.20 bits per heavy atom. The van der Waals surface area contributed by atoms with Crippen LogP contribution in [0.1, 0.15) is 38.9 Å². The summed E-state index contributed by atoms with van der Waals surface area (Å²) < 4.78 is 11.8. The Morgan fingerprint density at radius 1 is 0.324 bits per heavy atom. The molecule has 4 heteroatoms. The summed E-state index contributed by atoms with van der Waals surface area (Å²) in [4.78, 5) is 2.56. The molecule has 4 heterocycles. The zero-order valence-corrected chi connectivity index (χ0v) is 41.3. The number of aromatic nitrogens is 2. The van der Waals surface area contributed by atoms with E-state index >= 15 is 0 Å². The quantitative estimate of drug-likeness (QED) is 0.172. The lowest BCUT2D eigenvalue weighted by Crippen LogP contribution is -2.40. The molecule has 13 aromatic rings. The molecule has 0 aliphatic carbocycles. The highest BCUT2D eigenvalue weighted by atomic mass is 16.5. The number of hydrogen-bond donors (Lipinski definition) is 0. The number of ether oxygens (including phenoxy) is 1. The molecule has 0 radical (unpaired) electrons. The van der Waals surface area contributed by atoms with Crippen molar-refractivity contribution in [3.63, 3.8) is 0 Å². The van der Waals surface area contributed by atoms with Gasteiger partial charge < -0.3 is 18.8 Å². The Kier molecular flexibility index (Phi) is 9.19. The van der Waals surface area contributed by atoms with E-state index in [0.717, 1.165) is 67.6 Å². The van der Waals surface area contributed by atoms with Gasteiger partial charge >= 0.3 is 0 Å². The van der Waals surface area contributed by atoms with Gasteiger partial charge in [0.1, 0.15) is 11.5 Å². The van der Waals surface area contributed by atoms with Crippen LogP contribution >= 0.6 is 0 Å². The normalized spacial score (nSPS) is 13.3. The van der Waals surface area contributed by atoms with Crippen molar-refractivity contribution in [3.05, 3.63) is 282 Å². The molecule has 0 amide bonds. The first kappa shape index (κ1) is 42.3. The molecule has 0 saturated heterocycles. The fraction of sp³-hybridized carbons (Fsp3) is 0.0571. The largest absolute Gasteiger partial charge is 0.457 e. The van der Waals surface area contributed by atoms with Crippen molar-refractivity contribution in [1.82, 2.24) is 9.13 Å². The van der Waals surface area contributed by atoms with Crippen LogP contribution in [-0.4, -0.2) is 9.13 Å². The van der Waals surface area contributed by atoms with Crippen molar-refractivity contribution >= 4 is 60.7 Å². The zero-order valence-electron chi connectivity index (χ0n) is 41.3. The van der Waals surface area contributed by atoms with Gasteiger partial charge in [0.05, 0.1) is 44.5 Å². The summed E-state index contributed by atoms with van der Waals surface area (Å²) in [7, 11) is 0. The van der Waals surface area contributed by atoms with Crippen LogP contribution in [0, 0.1) is 20.8 Å². The van der Waals surface area contributed by atoms with Crippen LogP contribution in [-0.2, 0) is 5.41 Å². The van der Waals surface area contributed by atoms with Crippen molar-refractivity contribution in [1.29, 1.82) is 0 Å². The molecule has 0 unspecified atom stereocenters. The third-order valence-corrected chi connectivity index (χ3v) is 16.0. The van der Waals surface area contributed by atoms with Gasteiger partial charge in [-0.2, -0.15) is 0 Å². The average molecular weight is 948 g/mol. The molecule has 1 spiro atoms. The molecule has 2 aromatic heterocycles. The molecular formula is C70H49N3O. The van der Waals surface area contributed by atoms with E-state index in [9.17, 15) is 0 Å². The molecule has 4 nitrogen and oxygen atoms in total. The van der Waals surface area contributed by atoms with E-state index in [4.69, 9.17) is 4.74 Å². The van der Waals surface area contributed by atoms with Crippen molar-refractivity contribution in [2.24, 2.45) is 0 Å². The summed E-state index contributed by atoms with van der Waals surface area (Å²) in [5.74, 6) is 1.72. The Morgan fingerprint density at radius 2 is 0.716 bits per heavy atom. The van der Waals surface area contributed by atoms with Gasteiger partial charge in [0.25, 0.3) is 0 Å². The minimum Gasteiger partial charge on any atom is -0.457 e. The second-order valence-corrected chi connectivity index (χ2v) is 20.2. The number of fused-ring (bicyclic) bond motifs is 14. The molecule has 2 aliphatic heterocycles. The lowest BCUT2D eigenvalue weighted by molar-refractivity contribution is 0.434. The Balaban J connectivity index is 1.02. The fourth-order valence-corrected chi connectivity index (χ4v) is 13.1. The van der Waals surface area contributed by atoms with Gasteiger partial charge in [0, 0.05) is 44.0 Å². The van der Waals surface area contributed by atoms with E-state index in [1.165, 1.54) is 77.1 Å². The van der Waals surface area contributed by atoms with Crippen LogP contribution in [0.5, 0.6) is 11.5 Å². The monoisotopic (exact) mass is 947 g/mol. The summed E-state index contributed by atoms with van der Waals surface area (Å²) in [5, 5.41) is 4.91. The van der Waals surface area contributed by atoms with Gasteiger partial charge in [-0.1, -0.05) is 151 Å². The smallest absolute Gasteiger partial charge is 0.132 e. The van der Waals surface area contributed by atoms with Gasteiger partial charge in [0.2, 0.25) is 0 Å². The maximum atomic E-state index is 6.97. The lowest BCUT2D eigenvalue weighted by Gasteiger charge is -2.49. The first-order chi connectivity index (χ1) is 36.4. The summed E-state index contributed by atoms with van der Waals surface area (Å²) in [5.41, 5.74) is 22.8. The highest BCUT2D eigenvalue weighted by Gasteiger charge is 2.51. The van der Waals surface area contributed by atoms with Crippen molar-refractivity contribution < 1.29 is 4.74 Å². The molecule has 11 aromatic carbocycles. The van der Waals surface area contributed by atoms with E-state index < -0.39 is 5.41 Å². The van der Waals surface area contributed by atoms with Crippen LogP contribution in [0.15, 0.2) is 243 Å².